The van der Waals surface area contributed by atoms with Crippen LogP contribution in [0.1, 0.15) is 32.8 Å². The highest BCUT2D eigenvalue weighted by Crippen LogP contribution is 2.24. The summed E-state index contributed by atoms with van der Waals surface area (Å²) in [4.78, 5) is 39.1. The van der Waals surface area contributed by atoms with Crippen molar-refractivity contribution < 1.29 is 27.5 Å². The summed E-state index contributed by atoms with van der Waals surface area (Å²) in [6.45, 7) is 4.94. The van der Waals surface area contributed by atoms with Gasteiger partial charge < -0.3 is 9.64 Å². The molecule has 3 aromatic rings. The molecule has 0 unspecified atom stereocenters. The minimum atomic E-state index is -3.77. The smallest absolute Gasteiger partial charge is 0.375 e. The van der Waals surface area contributed by atoms with Crippen LogP contribution in [0.3, 0.4) is 0 Å². The monoisotopic (exact) mass is 496 g/mol. The summed E-state index contributed by atoms with van der Waals surface area (Å²) in [5.41, 5.74) is 0.163. The van der Waals surface area contributed by atoms with Gasteiger partial charge in [-0.15, -0.1) is 0 Å². The van der Waals surface area contributed by atoms with Gasteiger partial charge in [-0.2, -0.15) is 0 Å². The van der Waals surface area contributed by atoms with Gasteiger partial charge in [0.2, 0.25) is 21.7 Å². The lowest BCUT2D eigenvalue weighted by atomic mass is 10.1. The Morgan fingerprint density at radius 2 is 1.60 bits per heavy atom. The Balaban J connectivity index is 1.96. The van der Waals surface area contributed by atoms with Crippen LogP contribution in [0.15, 0.2) is 71.6 Å². The lowest BCUT2D eigenvalue weighted by Crippen LogP contribution is -2.36. The van der Waals surface area contributed by atoms with E-state index in [1.165, 1.54) is 30.1 Å². The van der Waals surface area contributed by atoms with Crippen molar-refractivity contribution in [1.82, 2.24) is 4.72 Å². The first kappa shape index (κ1) is 26.1. The van der Waals surface area contributed by atoms with Crippen LogP contribution >= 0.6 is 0 Å². The second-order valence-corrected chi connectivity index (χ2v) is 10.9. The number of ketones is 1. The van der Waals surface area contributed by atoms with Gasteiger partial charge in [0.25, 0.3) is 0 Å². The SMILES string of the molecule is CNS(=O)(=O)c1cccc(N(Cc2ccc3ccccc3c2)C(=O)CC(=O)C(=O)OC(C)(C)C)c1. The summed E-state index contributed by atoms with van der Waals surface area (Å²) in [6, 6.07) is 19.3. The molecule has 184 valence electrons. The summed E-state index contributed by atoms with van der Waals surface area (Å²) in [7, 11) is -2.48. The number of fused-ring (bicyclic) bond motifs is 1. The second kappa shape index (κ2) is 10.4. The molecule has 0 saturated carbocycles. The van der Waals surface area contributed by atoms with E-state index in [1.807, 2.05) is 42.5 Å². The lowest BCUT2D eigenvalue weighted by Gasteiger charge is -2.24. The first-order chi connectivity index (χ1) is 16.4. The molecule has 0 radical (unpaired) electrons. The normalized spacial score (nSPS) is 11.8. The molecule has 0 saturated heterocycles. The summed E-state index contributed by atoms with van der Waals surface area (Å²) in [6.07, 6.45) is -0.717. The average Bonchev–Trinajstić information content (AvgIpc) is 2.81. The van der Waals surface area contributed by atoms with Gasteiger partial charge in [0, 0.05) is 5.69 Å². The Hall–Kier alpha value is -3.56. The first-order valence-electron chi connectivity index (χ1n) is 11.0. The summed E-state index contributed by atoms with van der Waals surface area (Å²) in [5.74, 6) is -2.73. The van der Waals surface area contributed by atoms with E-state index in [0.717, 1.165) is 16.3 Å². The first-order valence-corrected chi connectivity index (χ1v) is 12.5. The van der Waals surface area contributed by atoms with Crippen LogP contribution in [0.5, 0.6) is 0 Å². The quantitative estimate of drug-likeness (QED) is 0.290. The van der Waals surface area contributed by atoms with E-state index < -0.39 is 39.7 Å². The number of ether oxygens (including phenoxy) is 1. The number of carbonyl (C=O) groups excluding carboxylic acids is 3. The highest BCUT2D eigenvalue weighted by atomic mass is 32.2. The Kier molecular flexibility index (Phi) is 7.72. The maximum atomic E-state index is 13.3. The molecule has 0 atom stereocenters. The van der Waals surface area contributed by atoms with Gasteiger partial charge >= 0.3 is 5.97 Å². The van der Waals surface area contributed by atoms with Crippen LogP contribution in [0.2, 0.25) is 0 Å². The fourth-order valence-corrected chi connectivity index (χ4v) is 4.19. The van der Waals surface area contributed by atoms with Crippen molar-refractivity contribution in [2.24, 2.45) is 0 Å². The van der Waals surface area contributed by atoms with Crippen molar-refractivity contribution in [2.45, 2.75) is 44.2 Å². The molecule has 0 fully saturated rings. The zero-order valence-electron chi connectivity index (χ0n) is 20.1. The standard InChI is InChI=1S/C26H28N2O6S/c1-26(2,3)34-25(31)23(29)16-24(30)28(21-10-7-11-22(15-21)35(32,33)27-4)17-18-12-13-19-8-5-6-9-20(19)14-18/h5-15,27H,16-17H2,1-4H3. The molecule has 0 aliphatic rings. The minimum absolute atomic E-state index is 0.0349. The predicted molar refractivity (Wildman–Crippen MR) is 133 cm³/mol. The van der Waals surface area contributed by atoms with Crippen LogP contribution in [0, 0.1) is 0 Å². The topological polar surface area (TPSA) is 110 Å². The molecule has 0 aromatic heterocycles. The van der Waals surface area contributed by atoms with E-state index in [9.17, 15) is 22.8 Å². The molecule has 3 aromatic carbocycles. The number of benzene rings is 3. The van der Waals surface area contributed by atoms with Crippen LogP contribution in [-0.4, -0.2) is 38.7 Å². The van der Waals surface area contributed by atoms with Crippen molar-refractivity contribution in [3.8, 4) is 0 Å². The van der Waals surface area contributed by atoms with Crippen LogP contribution in [0.4, 0.5) is 5.69 Å². The molecule has 0 spiro atoms. The number of hydrogen-bond donors (Lipinski definition) is 1. The van der Waals surface area contributed by atoms with E-state index in [2.05, 4.69) is 4.72 Å². The van der Waals surface area contributed by atoms with Crippen LogP contribution in [0.25, 0.3) is 10.8 Å². The van der Waals surface area contributed by atoms with Gasteiger partial charge in [-0.25, -0.2) is 17.9 Å². The summed E-state index contributed by atoms with van der Waals surface area (Å²) in [5, 5.41) is 1.99. The molecular weight excluding hydrogens is 468 g/mol. The Morgan fingerprint density at radius 3 is 2.26 bits per heavy atom. The fourth-order valence-electron chi connectivity index (χ4n) is 3.42. The van der Waals surface area contributed by atoms with Crippen molar-refractivity contribution >= 4 is 44.1 Å². The molecule has 1 amide bonds. The highest BCUT2D eigenvalue weighted by Gasteiger charge is 2.28. The number of Topliss-reactive ketones (excluding diaryl/α,β-unsaturated/α-hetero) is 1. The molecule has 3 rings (SSSR count). The van der Waals surface area contributed by atoms with E-state index in [-0.39, 0.29) is 17.1 Å². The van der Waals surface area contributed by atoms with Crippen LogP contribution < -0.4 is 9.62 Å². The lowest BCUT2D eigenvalue weighted by molar-refractivity contribution is -0.163. The van der Waals surface area contributed by atoms with Gasteiger partial charge in [0.1, 0.15) is 5.60 Å². The Morgan fingerprint density at radius 1 is 0.914 bits per heavy atom. The zero-order chi connectivity index (χ0) is 25.8. The summed E-state index contributed by atoms with van der Waals surface area (Å²) < 4.78 is 32.0. The van der Waals surface area contributed by atoms with Crippen molar-refractivity contribution in [3.05, 3.63) is 72.3 Å². The van der Waals surface area contributed by atoms with E-state index in [0.29, 0.717) is 0 Å². The molecule has 0 aliphatic heterocycles. The van der Waals surface area contributed by atoms with Crippen molar-refractivity contribution in [1.29, 1.82) is 0 Å². The van der Waals surface area contributed by atoms with Crippen LogP contribution in [-0.2, 0) is 35.7 Å². The number of sulfonamides is 1. The van der Waals surface area contributed by atoms with Crippen molar-refractivity contribution in [3.63, 3.8) is 0 Å². The third-order valence-corrected chi connectivity index (χ3v) is 6.51. The average molecular weight is 497 g/mol. The predicted octanol–water partition coefficient (Wildman–Crippen LogP) is 3.58. The number of carbonyl (C=O) groups is 3. The number of esters is 1. The fraction of sp³-hybridized carbons (Fsp3) is 0.269. The molecule has 0 heterocycles. The van der Waals surface area contributed by atoms with E-state index in [1.54, 1.807) is 26.8 Å². The number of nitrogens with one attached hydrogen (secondary N) is 1. The molecule has 8 nitrogen and oxygen atoms in total. The van der Waals surface area contributed by atoms with Crippen molar-refractivity contribution in [2.75, 3.05) is 11.9 Å². The summed E-state index contributed by atoms with van der Waals surface area (Å²) >= 11 is 0. The molecule has 9 heteroatoms. The third kappa shape index (κ3) is 6.74. The third-order valence-electron chi connectivity index (χ3n) is 5.10. The highest BCUT2D eigenvalue weighted by molar-refractivity contribution is 7.89. The number of amides is 1. The minimum Gasteiger partial charge on any atom is -0.454 e. The number of hydrogen-bond acceptors (Lipinski definition) is 6. The maximum Gasteiger partial charge on any atom is 0.375 e. The molecule has 35 heavy (non-hydrogen) atoms. The molecule has 0 aliphatic carbocycles. The van der Waals surface area contributed by atoms with Gasteiger partial charge in [0.05, 0.1) is 17.9 Å². The van der Waals surface area contributed by atoms with Gasteiger partial charge in [-0.05, 0) is 68.4 Å². The van der Waals surface area contributed by atoms with Gasteiger partial charge in [-0.3, -0.25) is 9.59 Å². The number of rotatable bonds is 8. The van der Waals surface area contributed by atoms with E-state index in [4.69, 9.17) is 4.74 Å². The molecular formula is C26H28N2O6S. The van der Waals surface area contributed by atoms with E-state index >= 15 is 0 Å². The molecule has 0 bridgehead atoms. The maximum absolute atomic E-state index is 13.3. The second-order valence-electron chi connectivity index (χ2n) is 8.97. The number of nitrogens with zero attached hydrogens (tertiary/aromatic N) is 1. The Bertz CT molecular complexity index is 1380. The number of anilines is 1. The Labute approximate surface area is 204 Å². The van der Waals surface area contributed by atoms with Gasteiger partial charge in [-0.1, -0.05) is 42.5 Å². The zero-order valence-corrected chi connectivity index (χ0v) is 20.9. The molecule has 1 N–H and O–H groups in total. The largest absolute Gasteiger partial charge is 0.454 e. The van der Waals surface area contributed by atoms with Gasteiger partial charge in [0.15, 0.2) is 0 Å².